The van der Waals surface area contributed by atoms with Crippen LogP contribution in [0.2, 0.25) is 0 Å². The van der Waals surface area contributed by atoms with E-state index in [0.29, 0.717) is 0 Å². The SMILES string of the molecule is C[C@H]1O[C@@H](c2c(O)cc(O)c3c(=O)cc(-c4ccc(O)c(O)c4)oc23)C[C@H](O)[C@@H]1O. The van der Waals surface area contributed by atoms with Gasteiger partial charge in [0.15, 0.2) is 22.5 Å². The van der Waals surface area contributed by atoms with Gasteiger partial charge in [0.1, 0.15) is 28.7 Å². The van der Waals surface area contributed by atoms with Crippen molar-refractivity contribution in [2.75, 3.05) is 0 Å². The summed E-state index contributed by atoms with van der Waals surface area (Å²) < 4.78 is 11.5. The van der Waals surface area contributed by atoms with Gasteiger partial charge in [0.25, 0.3) is 0 Å². The number of aromatic hydroxyl groups is 4. The normalized spacial score (nSPS) is 24.2. The molecule has 30 heavy (non-hydrogen) atoms. The number of hydrogen-bond donors (Lipinski definition) is 6. The first-order chi connectivity index (χ1) is 14.2. The molecule has 1 fully saturated rings. The van der Waals surface area contributed by atoms with Crippen LogP contribution in [0.15, 0.2) is 39.5 Å². The first-order valence-corrected chi connectivity index (χ1v) is 9.24. The Bertz CT molecular complexity index is 1170. The van der Waals surface area contributed by atoms with Crippen molar-refractivity contribution in [1.29, 1.82) is 0 Å². The van der Waals surface area contributed by atoms with Gasteiger partial charge in [-0.05, 0) is 25.1 Å². The van der Waals surface area contributed by atoms with E-state index in [1.54, 1.807) is 6.92 Å². The molecule has 0 unspecified atom stereocenters. The minimum atomic E-state index is -1.13. The lowest BCUT2D eigenvalue weighted by molar-refractivity contribution is -0.163. The molecule has 1 aliphatic rings. The number of aliphatic hydroxyl groups is 2. The number of fused-ring (bicyclic) bond motifs is 1. The second-order valence-corrected chi connectivity index (χ2v) is 7.33. The quantitative estimate of drug-likeness (QED) is 0.343. The van der Waals surface area contributed by atoms with Crippen LogP contribution in [0.1, 0.15) is 25.0 Å². The van der Waals surface area contributed by atoms with E-state index in [2.05, 4.69) is 0 Å². The summed E-state index contributed by atoms with van der Waals surface area (Å²) in [6.45, 7) is 1.56. The summed E-state index contributed by atoms with van der Waals surface area (Å²) in [6.07, 6.45) is -4.01. The van der Waals surface area contributed by atoms with Crippen molar-refractivity contribution in [3.8, 4) is 34.3 Å². The van der Waals surface area contributed by atoms with Gasteiger partial charge in [-0.15, -0.1) is 0 Å². The molecular weight excluding hydrogens is 396 g/mol. The van der Waals surface area contributed by atoms with Crippen LogP contribution in [0, 0.1) is 0 Å². The highest BCUT2D eigenvalue weighted by atomic mass is 16.5. The average Bonchev–Trinajstić information content (AvgIpc) is 2.67. The third-order valence-electron chi connectivity index (χ3n) is 5.29. The Hall–Kier alpha value is -3.27. The second-order valence-electron chi connectivity index (χ2n) is 7.33. The number of phenols is 4. The Morgan fingerprint density at radius 1 is 0.933 bits per heavy atom. The van der Waals surface area contributed by atoms with Crippen LogP contribution in [-0.4, -0.2) is 49.0 Å². The van der Waals surface area contributed by atoms with E-state index in [1.165, 1.54) is 18.2 Å². The molecule has 0 bridgehead atoms. The molecule has 6 N–H and O–H groups in total. The lowest BCUT2D eigenvalue weighted by Gasteiger charge is -2.36. The summed E-state index contributed by atoms with van der Waals surface area (Å²) in [5, 5.41) is 59.8. The zero-order valence-electron chi connectivity index (χ0n) is 15.8. The van der Waals surface area contributed by atoms with Crippen molar-refractivity contribution >= 4 is 11.0 Å². The molecule has 0 spiro atoms. The predicted octanol–water partition coefficient (Wildman–Crippen LogP) is 1.85. The molecule has 3 aromatic rings. The van der Waals surface area contributed by atoms with Crippen LogP contribution in [0.4, 0.5) is 0 Å². The van der Waals surface area contributed by atoms with Gasteiger partial charge >= 0.3 is 0 Å². The molecule has 158 valence electrons. The van der Waals surface area contributed by atoms with Crippen molar-refractivity contribution in [2.24, 2.45) is 0 Å². The number of ether oxygens (including phenoxy) is 1. The van der Waals surface area contributed by atoms with E-state index >= 15 is 0 Å². The van der Waals surface area contributed by atoms with E-state index < -0.39 is 47.1 Å². The Morgan fingerprint density at radius 3 is 2.33 bits per heavy atom. The summed E-state index contributed by atoms with van der Waals surface area (Å²) in [7, 11) is 0. The fourth-order valence-electron chi connectivity index (χ4n) is 3.70. The van der Waals surface area contributed by atoms with Gasteiger partial charge in [0, 0.05) is 24.1 Å². The molecule has 0 radical (unpaired) electrons. The van der Waals surface area contributed by atoms with Gasteiger partial charge in [-0.3, -0.25) is 4.79 Å². The van der Waals surface area contributed by atoms with Crippen molar-refractivity contribution in [3.05, 3.63) is 46.1 Å². The van der Waals surface area contributed by atoms with Gasteiger partial charge in [0.05, 0.1) is 23.9 Å². The molecular formula is C21H20O9. The molecule has 4 rings (SSSR count). The largest absolute Gasteiger partial charge is 0.507 e. The number of benzene rings is 2. The molecule has 0 saturated carbocycles. The molecule has 2 aromatic carbocycles. The topological polar surface area (TPSA) is 161 Å². The Labute approximate surface area is 169 Å². The third kappa shape index (κ3) is 3.22. The van der Waals surface area contributed by atoms with Crippen LogP contribution in [0.25, 0.3) is 22.3 Å². The minimum Gasteiger partial charge on any atom is -0.507 e. The van der Waals surface area contributed by atoms with E-state index in [1.807, 2.05) is 0 Å². The summed E-state index contributed by atoms with van der Waals surface area (Å²) in [6, 6.07) is 5.94. The first-order valence-electron chi connectivity index (χ1n) is 9.24. The fourth-order valence-corrected chi connectivity index (χ4v) is 3.70. The molecule has 1 aliphatic heterocycles. The highest BCUT2D eigenvalue weighted by Gasteiger charge is 2.37. The maximum Gasteiger partial charge on any atom is 0.197 e. The Balaban J connectivity index is 1.95. The highest BCUT2D eigenvalue weighted by Crippen LogP contribution is 2.43. The molecule has 9 heteroatoms. The van der Waals surface area contributed by atoms with Crippen LogP contribution in [0.5, 0.6) is 23.0 Å². The van der Waals surface area contributed by atoms with Gasteiger partial charge < -0.3 is 39.8 Å². The minimum absolute atomic E-state index is 0.0125. The summed E-state index contributed by atoms with van der Waals surface area (Å²) in [5.74, 6) is -1.66. The maximum atomic E-state index is 12.7. The number of hydrogen-bond acceptors (Lipinski definition) is 9. The molecule has 0 amide bonds. The van der Waals surface area contributed by atoms with Crippen molar-refractivity contribution < 1.29 is 39.8 Å². The van der Waals surface area contributed by atoms with Crippen molar-refractivity contribution in [2.45, 2.75) is 37.8 Å². The highest BCUT2D eigenvalue weighted by molar-refractivity contribution is 5.89. The van der Waals surface area contributed by atoms with Crippen LogP contribution in [-0.2, 0) is 4.74 Å². The molecule has 1 saturated heterocycles. The second kappa shape index (κ2) is 7.21. The smallest absolute Gasteiger partial charge is 0.197 e. The average molecular weight is 416 g/mol. The van der Waals surface area contributed by atoms with Crippen LogP contribution < -0.4 is 5.43 Å². The van der Waals surface area contributed by atoms with E-state index in [4.69, 9.17) is 9.15 Å². The van der Waals surface area contributed by atoms with Crippen LogP contribution in [0.3, 0.4) is 0 Å². The maximum absolute atomic E-state index is 12.7. The van der Waals surface area contributed by atoms with Gasteiger partial charge in [-0.25, -0.2) is 0 Å². The molecule has 4 atom stereocenters. The van der Waals surface area contributed by atoms with Crippen LogP contribution >= 0.6 is 0 Å². The fraction of sp³-hybridized carbons (Fsp3) is 0.286. The zero-order valence-corrected chi connectivity index (χ0v) is 15.8. The third-order valence-corrected chi connectivity index (χ3v) is 5.29. The standard InChI is InChI=1S/C21H20O9/c1-8-20(28)15(27)7-17(29-8)19-13(25)5-12(24)18-14(26)6-16(30-21(18)19)9-2-3-10(22)11(23)4-9/h2-6,8,15,17,20,22-25,27-28H,7H2,1H3/t8-,15+,17-,20-/m1/s1. The molecule has 9 nitrogen and oxygen atoms in total. The lowest BCUT2D eigenvalue weighted by atomic mass is 9.92. The van der Waals surface area contributed by atoms with Crippen molar-refractivity contribution in [3.63, 3.8) is 0 Å². The number of rotatable bonds is 2. The van der Waals surface area contributed by atoms with Gasteiger partial charge in [-0.2, -0.15) is 0 Å². The van der Waals surface area contributed by atoms with Gasteiger partial charge in [0.2, 0.25) is 0 Å². The van der Waals surface area contributed by atoms with Crippen molar-refractivity contribution in [1.82, 2.24) is 0 Å². The van der Waals surface area contributed by atoms with E-state index in [0.717, 1.165) is 12.1 Å². The number of phenolic OH excluding ortho intramolecular Hbond substituents is 4. The van der Waals surface area contributed by atoms with E-state index in [-0.39, 0.29) is 40.0 Å². The summed E-state index contributed by atoms with van der Waals surface area (Å²) in [5.41, 5.74) is -0.445. The molecule has 2 heterocycles. The first kappa shape index (κ1) is 20.0. The predicted molar refractivity (Wildman–Crippen MR) is 104 cm³/mol. The monoisotopic (exact) mass is 416 g/mol. The zero-order chi connectivity index (χ0) is 21.7. The Morgan fingerprint density at radius 2 is 1.67 bits per heavy atom. The molecule has 0 aliphatic carbocycles. The lowest BCUT2D eigenvalue weighted by Crippen LogP contribution is -2.44. The molecule has 1 aromatic heterocycles. The summed E-state index contributed by atoms with van der Waals surface area (Å²) in [4.78, 5) is 12.7. The van der Waals surface area contributed by atoms with E-state index in [9.17, 15) is 35.4 Å². The Kier molecular flexibility index (Phi) is 4.81. The number of aliphatic hydroxyl groups excluding tert-OH is 2. The van der Waals surface area contributed by atoms with Gasteiger partial charge in [-0.1, -0.05) is 0 Å². The summed E-state index contributed by atoms with van der Waals surface area (Å²) >= 11 is 0.